The summed E-state index contributed by atoms with van der Waals surface area (Å²) in [4.78, 5) is 11.8. The van der Waals surface area contributed by atoms with Crippen LogP contribution < -0.4 is 5.73 Å². The second-order valence-electron chi connectivity index (χ2n) is 6.33. The van der Waals surface area contributed by atoms with E-state index in [2.05, 4.69) is 0 Å². The molecule has 0 saturated heterocycles. The van der Waals surface area contributed by atoms with E-state index in [1.165, 1.54) is 38.5 Å². The van der Waals surface area contributed by atoms with Gasteiger partial charge < -0.3 is 10.5 Å². The van der Waals surface area contributed by atoms with Gasteiger partial charge in [0.2, 0.25) is 0 Å². The zero-order valence-corrected chi connectivity index (χ0v) is 11.5. The molecule has 0 aliphatic heterocycles. The SMILES string of the molecule is CC(C)(C)[C@@H](N)C(=O)OCC1CCCCCC1. The van der Waals surface area contributed by atoms with E-state index < -0.39 is 6.04 Å². The lowest BCUT2D eigenvalue weighted by Gasteiger charge is -2.26. The molecule has 3 heteroatoms. The predicted molar refractivity (Wildman–Crippen MR) is 69.6 cm³/mol. The molecule has 0 bridgehead atoms. The van der Waals surface area contributed by atoms with Crippen LogP contribution in [0.1, 0.15) is 59.3 Å². The average molecular weight is 241 g/mol. The largest absolute Gasteiger partial charge is 0.464 e. The lowest BCUT2D eigenvalue weighted by Crippen LogP contribution is -2.43. The van der Waals surface area contributed by atoms with Gasteiger partial charge in [-0.2, -0.15) is 0 Å². The number of esters is 1. The van der Waals surface area contributed by atoms with Crippen LogP contribution >= 0.6 is 0 Å². The van der Waals surface area contributed by atoms with E-state index in [1.54, 1.807) is 0 Å². The van der Waals surface area contributed by atoms with Crippen molar-refractivity contribution in [2.24, 2.45) is 17.1 Å². The minimum absolute atomic E-state index is 0.222. The van der Waals surface area contributed by atoms with Crippen LogP contribution in [-0.4, -0.2) is 18.6 Å². The van der Waals surface area contributed by atoms with Crippen LogP contribution in [0.5, 0.6) is 0 Å². The molecule has 0 heterocycles. The second kappa shape index (κ2) is 6.39. The van der Waals surface area contributed by atoms with Crippen LogP contribution in [-0.2, 0) is 9.53 Å². The molecule has 0 unspecified atom stereocenters. The lowest BCUT2D eigenvalue weighted by molar-refractivity contribution is -0.149. The van der Waals surface area contributed by atoms with Crippen molar-refractivity contribution in [1.82, 2.24) is 0 Å². The fraction of sp³-hybridized carbons (Fsp3) is 0.929. The van der Waals surface area contributed by atoms with Crippen LogP contribution in [0.3, 0.4) is 0 Å². The third-order valence-corrected chi connectivity index (χ3v) is 3.62. The highest BCUT2D eigenvalue weighted by molar-refractivity contribution is 5.76. The molecule has 0 amide bonds. The first-order chi connectivity index (χ1) is 7.91. The molecule has 3 nitrogen and oxygen atoms in total. The van der Waals surface area contributed by atoms with Crippen molar-refractivity contribution in [1.29, 1.82) is 0 Å². The van der Waals surface area contributed by atoms with Crippen molar-refractivity contribution in [3.8, 4) is 0 Å². The molecule has 0 radical (unpaired) electrons. The lowest BCUT2D eigenvalue weighted by atomic mass is 9.87. The van der Waals surface area contributed by atoms with E-state index >= 15 is 0 Å². The molecule has 1 rings (SSSR count). The monoisotopic (exact) mass is 241 g/mol. The Morgan fingerprint density at radius 2 is 1.76 bits per heavy atom. The van der Waals surface area contributed by atoms with Gasteiger partial charge in [0.1, 0.15) is 6.04 Å². The Labute approximate surface area is 105 Å². The van der Waals surface area contributed by atoms with Gasteiger partial charge in [-0.15, -0.1) is 0 Å². The Hall–Kier alpha value is -0.570. The maximum Gasteiger partial charge on any atom is 0.323 e. The van der Waals surface area contributed by atoms with E-state index in [0.29, 0.717) is 12.5 Å². The van der Waals surface area contributed by atoms with E-state index in [4.69, 9.17) is 10.5 Å². The van der Waals surface area contributed by atoms with E-state index in [9.17, 15) is 4.79 Å². The summed E-state index contributed by atoms with van der Waals surface area (Å²) in [6, 6.07) is -0.520. The summed E-state index contributed by atoms with van der Waals surface area (Å²) in [5.41, 5.74) is 5.64. The Morgan fingerprint density at radius 1 is 1.24 bits per heavy atom. The predicted octanol–water partition coefficient (Wildman–Crippen LogP) is 2.87. The van der Waals surface area contributed by atoms with Gasteiger partial charge >= 0.3 is 5.97 Å². The van der Waals surface area contributed by atoms with E-state index in [-0.39, 0.29) is 11.4 Å². The Kier molecular flexibility index (Phi) is 5.44. The van der Waals surface area contributed by atoms with Crippen LogP contribution in [0.25, 0.3) is 0 Å². The molecule has 1 atom stereocenters. The van der Waals surface area contributed by atoms with Crippen molar-refractivity contribution in [3.05, 3.63) is 0 Å². The molecule has 1 aliphatic carbocycles. The van der Waals surface area contributed by atoms with E-state index in [1.807, 2.05) is 20.8 Å². The Morgan fingerprint density at radius 3 is 2.24 bits per heavy atom. The fourth-order valence-electron chi connectivity index (χ4n) is 2.17. The van der Waals surface area contributed by atoms with Crippen LogP contribution in [0.4, 0.5) is 0 Å². The van der Waals surface area contributed by atoms with Crippen LogP contribution in [0.2, 0.25) is 0 Å². The molecule has 0 aromatic heterocycles. The third kappa shape index (κ3) is 5.07. The number of rotatable bonds is 3. The van der Waals surface area contributed by atoms with Gasteiger partial charge in [0.25, 0.3) is 0 Å². The van der Waals surface area contributed by atoms with Gasteiger partial charge in [-0.1, -0.05) is 46.5 Å². The topological polar surface area (TPSA) is 52.3 Å². The molecule has 1 saturated carbocycles. The van der Waals surface area contributed by atoms with Crippen LogP contribution in [0, 0.1) is 11.3 Å². The van der Waals surface area contributed by atoms with E-state index in [0.717, 1.165) is 0 Å². The number of carbonyl (C=O) groups is 1. The second-order valence-corrected chi connectivity index (χ2v) is 6.33. The molecular formula is C14H27NO2. The summed E-state index contributed by atoms with van der Waals surface area (Å²) in [6.07, 6.45) is 7.58. The summed E-state index contributed by atoms with van der Waals surface area (Å²) in [5.74, 6) is 0.301. The summed E-state index contributed by atoms with van der Waals surface area (Å²) >= 11 is 0. The van der Waals surface area contributed by atoms with Gasteiger partial charge in [0.15, 0.2) is 0 Å². The quantitative estimate of drug-likeness (QED) is 0.610. The smallest absolute Gasteiger partial charge is 0.323 e. The number of nitrogens with two attached hydrogens (primary N) is 1. The van der Waals surface area contributed by atoms with Crippen LogP contribution in [0.15, 0.2) is 0 Å². The van der Waals surface area contributed by atoms with Crippen molar-refractivity contribution >= 4 is 5.97 Å². The molecule has 100 valence electrons. The molecule has 0 aromatic rings. The standard InChI is InChI=1S/C14H27NO2/c1-14(2,3)12(15)13(16)17-10-11-8-6-4-5-7-9-11/h11-12H,4-10,15H2,1-3H3/t12-/m0/s1. The molecule has 1 aliphatic rings. The zero-order chi connectivity index (χ0) is 12.9. The maximum absolute atomic E-state index is 11.8. The van der Waals surface area contributed by atoms with Gasteiger partial charge in [0.05, 0.1) is 6.61 Å². The van der Waals surface area contributed by atoms with Crippen molar-refractivity contribution in [3.63, 3.8) is 0 Å². The highest BCUT2D eigenvalue weighted by Crippen LogP contribution is 2.24. The van der Waals surface area contributed by atoms with Gasteiger partial charge in [-0.3, -0.25) is 4.79 Å². The van der Waals surface area contributed by atoms with Gasteiger partial charge in [-0.25, -0.2) is 0 Å². The summed E-state index contributed by atoms with van der Waals surface area (Å²) in [5, 5.41) is 0. The zero-order valence-electron chi connectivity index (χ0n) is 11.5. The minimum Gasteiger partial charge on any atom is -0.464 e. The van der Waals surface area contributed by atoms with Crippen molar-refractivity contribution in [2.45, 2.75) is 65.3 Å². The molecule has 1 fully saturated rings. The number of ether oxygens (including phenoxy) is 1. The minimum atomic E-state index is -0.520. The fourth-order valence-corrected chi connectivity index (χ4v) is 2.17. The highest BCUT2D eigenvalue weighted by atomic mass is 16.5. The molecular weight excluding hydrogens is 214 g/mol. The summed E-state index contributed by atoms with van der Waals surface area (Å²) < 4.78 is 5.36. The average Bonchev–Trinajstić information content (AvgIpc) is 2.51. The highest BCUT2D eigenvalue weighted by Gasteiger charge is 2.29. The number of carbonyl (C=O) groups excluding carboxylic acids is 1. The first-order valence-electron chi connectivity index (χ1n) is 6.83. The summed E-state index contributed by atoms with van der Waals surface area (Å²) in [6.45, 7) is 6.45. The molecule has 0 spiro atoms. The first-order valence-corrected chi connectivity index (χ1v) is 6.83. The third-order valence-electron chi connectivity index (χ3n) is 3.62. The van der Waals surface area contributed by atoms with Crippen molar-refractivity contribution < 1.29 is 9.53 Å². The first kappa shape index (κ1) is 14.5. The molecule has 17 heavy (non-hydrogen) atoms. The number of hydrogen-bond acceptors (Lipinski definition) is 3. The number of hydrogen-bond donors (Lipinski definition) is 1. The summed E-state index contributed by atoms with van der Waals surface area (Å²) in [7, 11) is 0. The van der Waals surface area contributed by atoms with Crippen molar-refractivity contribution in [2.75, 3.05) is 6.61 Å². The molecule has 2 N–H and O–H groups in total. The maximum atomic E-state index is 11.8. The van der Waals surface area contributed by atoms with Gasteiger partial charge in [-0.05, 0) is 24.2 Å². The Balaban J connectivity index is 2.31. The van der Waals surface area contributed by atoms with Gasteiger partial charge in [0, 0.05) is 0 Å². The molecule has 0 aromatic carbocycles. The normalized spacial score (nSPS) is 20.7. The Bertz CT molecular complexity index is 237.